The van der Waals surface area contributed by atoms with Crippen LogP contribution in [-0.2, 0) is 0 Å². The van der Waals surface area contributed by atoms with Gasteiger partial charge in [-0.05, 0) is 5.92 Å². The smallest absolute Gasteiger partial charge is 0.249 e. The quantitative estimate of drug-likeness (QED) is 0.604. The lowest BCUT2D eigenvalue weighted by molar-refractivity contribution is -0.427. The first-order chi connectivity index (χ1) is 6.99. The highest BCUT2D eigenvalue weighted by atomic mass is 35.5. The number of hydrogen-bond donors (Lipinski definition) is 0. The van der Waals surface area contributed by atoms with Gasteiger partial charge in [-0.3, -0.25) is 10.1 Å². The van der Waals surface area contributed by atoms with E-state index in [1.54, 1.807) is 0 Å². The summed E-state index contributed by atoms with van der Waals surface area (Å²) in [4.78, 5) is 14.3. The van der Waals surface area contributed by atoms with E-state index in [1.165, 1.54) is 23.6 Å². The monoisotopic (exact) mass is 246 g/mol. The van der Waals surface area contributed by atoms with Crippen LogP contribution in [0.2, 0.25) is 4.34 Å². The zero-order chi connectivity index (χ0) is 11.4. The molecule has 0 spiro atoms. The molecule has 15 heavy (non-hydrogen) atoms. The number of aromatic nitrogens is 1. The lowest BCUT2D eigenvalue weighted by Gasteiger charge is -2.00. The Labute approximate surface area is 96.7 Å². The van der Waals surface area contributed by atoms with Crippen molar-refractivity contribution < 1.29 is 4.92 Å². The molecule has 0 saturated heterocycles. The Morgan fingerprint density at radius 1 is 1.80 bits per heavy atom. The molecule has 1 aromatic rings. The standard InChI is InChI=1S/C9H11ClN2O2S/c1-6(2)3-7(12(13)14)4-9-11-5-8(10)15-9/h4-6H,3H2,1-2H3/b7-4-. The Hall–Kier alpha value is -0.940. The predicted molar refractivity (Wildman–Crippen MR) is 61.6 cm³/mol. The van der Waals surface area contributed by atoms with Gasteiger partial charge in [0.15, 0.2) is 0 Å². The van der Waals surface area contributed by atoms with Gasteiger partial charge in [0.1, 0.15) is 9.34 Å². The van der Waals surface area contributed by atoms with Gasteiger partial charge in [0.25, 0.3) is 0 Å². The van der Waals surface area contributed by atoms with Crippen LogP contribution >= 0.6 is 22.9 Å². The zero-order valence-corrected chi connectivity index (χ0v) is 10.0. The van der Waals surface area contributed by atoms with Crippen LogP contribution in [-0.4, -0.2) is 9.91 Å². The van der Waals surface area contributed by atoms with Gasteiger partial charge in [-0.1, -0.05) is 25.4 Å². The lowest BCUT2D eigenvalue weighted by Crippen LogP contribution is -2.02. The largest absolute Gasteiger partial charge is 0.259 e. The van der Waals surface area contributed by atoms with E-state index in [0.717, 1.165) is 0 Å². The second kappa shape index (κ2) is 5.23. The summed E-state index contributed by atoms with van der Waals surface area (Å²) in [5.41, 5.74) is 0.177. The first-order valence-electron chi connectivity index (χ1n) is 4.45. The molecule has 1 rings (SSSR count). The molecule has 4 nitrogen and oxygen atoms in total. The Morgan fingerprint density at radius 3 is 2.87 bits per heavy atom. The van der Waals surface area contributed by atoms with Crippen molar-refractivity contribution in [2.24, 2.45) is 5.92 Å². The summed E-state index contributed by atoms with van der Waals surface area (Å²) in [5, 5.41) is 11.3. The Balaban J connectivity index is 2.88. The molecule has 0 amide bonds. The van der Waals surface area contributed by atoms with Crippen LogP contribution in [0.25, 0.3) is 6.08 Å². The first-order valence-corrected chi connectivity index (χ1v) is 5.64. The average Bonchev–Trinajstić information content (AvgIpc) is 2.49. The Morgan fingerprint density at radius 2 is 2.47 bits per heavy atom. The van der Waals surface area contributed by atoms with E-state index < -0.39 is 0 Å². The molecule has 0 unspecified atom stereocenters. The van der Waals surface area contributed by atoms with Crippen molar-refractivity contribution in [1.29, 1.82) is 0 Å². The van der Waals surface area contributed by atoms with Crippen molar-refractivity contribution in [3.63, 3.8) is 0 Å². The SMILES string of the molecule is CC(C)C/C(=C/c1ncc(Cl)s1)[N+](=O)[O-]. The second-order valence-electron chi connectivity index (χ2n) is 3.49. The van der Waals surface area contributed by atoms with Crippen LogP contribution in [0.4, 0.5) is 0 Å². The van der Waals surface area contributed by atoms with E-state index in [0.29, 0.717) is 15.8 Å². The minimum Gasteiger partial charge on any atom is -0.259 e. The zero-order valence-electron chi connectivity index (χ0n) is 8.44. The maximum Gasteiger partial charge on any atom is 0.249 e. The van der Waals surface area contributed by atoms with Crippen LogP contribution in [0.1, 0.15) is 25.3 Å². The summed E-state index contributed by atoms with van der Waals surface area (Å²) < 4.78 is 0.536. The highest BCUT2D eigenvalue weighted by Gasteiger charge is 2.14. The number of hydrogen-bond acceptors (Lipinski definition) is 4. The molecule has 1 heterocycles. The average molecular weight is 247 g/mol. The lowest BCUT2D eigenvalue weighted by atomic mass is 10.1. The molecule has 0 aliphatic heterocycles. The molecule has 0 radical (unpaired) electrons. The van der Waals surface area contributed by atoms with Gasteiger partial charge in [0.05, 0.1) is 11.1 Å². The molecule has 0 fully saturated rings. The normalized spacial score (nSPS) is 12.1. The molecule has 0 N–H and O–H groups in total. The van der Waals surface area contributed by atoms with E-state index in [1.807, 2.05) is 13.8 Å². The second-order valence-corrected chi connectivity index (χ2v) is 5.19. The highest BCUT2D eigenvalue weighted by molar-refractivity contribution is 7.16. The van der Waals surface area contributed by atoms with Gasteiger partial charge >= 0.3 is 0 Å². The fourth-order valence-corrected chi connectivity index (χ4v) is 1.97. The number of nitrogens with zero attached hydrogens (tertiary/aromatic N) is 2. The van der Waals surface area contributed by atoms with E-state index >= 15 is 0 Å². The summed E-state index contributed by atoms with van der Waals surface area (Å²) in [6.07, 6.45) is 3.41. The van der Waals surface area contributed by atoms with Crippen LogP contribution in [0, 0.1) is 16.0 Å². The summed E-state index contributed by atoms with van der Waals surface area (Å²) in [7, 11) is 0. The van der Waals surface area contributed by atoms with E-state index in [2.05, 4.69) is 4.98 Å². The Kier molecular flexibility index (Phi) is 4.23. The molecular weight excluding hydrogens is 236 g/mol. The van der Waals surface area contributed by atoms with Gasteiger partial charge in [0, 0.05) is 12.5 Å². The molecule has 0 aliphatic carbocycles. The topological polar surface area (TPSA) is 56.0 Å². The van der Waals surface area contributed by atoms with Gasteiger partial charge in [-0.2, -0.15) is 0 Å². The molecule has 0 bridgehead atoms. The van der Waals surface area contributed by atoms with Crippen molar-refractivity contribution in [2.45, 2.75) is 20.3 Å². The van der Waals surface area contributed by atoms with Crippen LogP contribution in [0.15, 0.2) is 11.9 Å². The predicted octanol–water partition coefficient (Wildman–Crippen LogP) is 3.46. The number of rotatable bonds is 4. The third-order valence-corrected chi connectivity index (χ3v) is 2.70. The van der Waals surface area contributed by atoms with Crippen molar-refractivity contribution in [3.05, 3.63) is 31.4 Å². The molecule has 6 heteroatoms. The molecular formula is C9H11ClN2O2S. The molecule has 0 atom stereocenters. The van der Waals surface area contributed by atoms with Crippen LogP contribution < -0.4 is 0 Å². The third-order valence-electron chi connectivity index (χ3n) is 1.64. The van der Waals surface area contributed by atoms with Crippen molar-refractivity contribution >= 4 is 29.0 Å². The molecule has 0 saturated carbocycles. The van der Waals surface area contributed by atoms with Gasteiger partial charge in [0.2, 0.25) is 5.70 Å². The summed E-state index contributed by atoms with van der Waals surface area (Å²) in [6, 6.07) is 0. The maximum absolute atomic E-state index is 10.7. The molecule has 82 valence electrons. The molecule has 0 aromatic carbocycles. The first kappa shape index (κ1) is 12.1. The fourth-order valence-electron chi connectivity index (χ4n) is 1.08. The number of halogens is 1. The van der Waals surface area contributed by atoms with Crippen molar-refractivity contribution in [1.82, 2.24) is 4.98 Å². The van der Waals surface area contributed by atoms with Crippen molar-refractivity contribution in [3.8, 4) is 0 Å². The van der Waals surface area contributed by atoms with Gasteiger partial charge in [-0.25, -0.2) is 4.98 Å². The Bertz CT molecular complexity index is 387. The van der Waals surface area contributed by atoms with Gasteiger partial charge < -0.3 is 0 Å². The number of allylic oxidation sites excluding steroid dienone is 1. The highest BCUT2D eigenvalue weighted by Crippen LogP contribution is 2.22. The van der Waals surface area contributed by atoms with Crippen molar-refractivity contribution in [2.75, 3.05) is 0 Å². The van der Waals surface area contributed by atoms with Crippen LogP contribution in [0.3, 0.4) is 0 Å². The summed E-state index contributed by atoms with van der Waals surface area (Å²) in [5.74, 6) is 0.247. The molecule has 1 aromatic heterocycles. The minimum absolute atomic E-state index is 0.177. The summed E-state index contributed by atoms with van der Waals surface area (Å²) >= 11 is 6.92. The maximum atomic E-state index is 10.7. The third kappa shape index (κ3) is 3.97. The van der Waals surface area contributed by atoms with E-state index in [9.17, 15) is 10.1 Å². The van der Waals surface area contributed by atoms with Crippen LogP contribution in [0.5, 0.6) is 0 Å². The van der Waals surface area contributed by atoms with E-state index in [-0.39, 0.29) is 16.5 Å². The van der Waals surface area contributed by atoms with Gasteiger partial charge in [-0.15, -0.1) is 11.3 Å². The number of thiazole rings is 1. The summed E-state index contributed by atoms with van der Waals surface area (Å²) in [6.45, 7) is 3.87. The fraction of sp³-hybridized carbons (Fsp3) is 0.444. The number of nitro groups is 1. The minimum atomic E-state index is -0.366. The molecule has 0 aliphatic rings. The van der Waals surface area contributed by atoms with E-state index in [4.69, 9.17) is 11.6 Å².